The third kappa shape index (κ3) is 2.19. The predicted molar refractivity (Wildman–Crippen MR) is 46.0 cm³/mol. The molecule has 0 radical (unpaired) electrons. The van der Waals surface area contributed by atoms with Gasteiger partial charge in [0.15, 0.2) is 0 Å². The van der Waals surface area contributed by atoms with Gasteiger partial charge in [-0.15, -0.1) is 0 Å². The third-order valence-electron chi connectivity index (χ3n) is 1.77. The summed E-state index contributed by atoms with van der Waals surface area (Å²) >= 11 is 5.69. The summed E-state index contributed by atoms with van der Waals surface area (Å²) in [6, 6.07) is 0. The van der Waals surface area contributed by atoms with Gasteiger partial charge in [0, 0.05) is 5.03 Å². The van der Waals surface area contributed by atoms with E-state index in [0.717, 1.165) is 5.57 Å². The lowest BCUT2D eigenvalue weighted by Gasteiger charge is -2.03. The van der Waals surface area contributed by atoms with Gasteiger partial charge in [0.1, 0.15) is 5.83 Å². The van der Waals surface area contributed by atoms with Crippen molar-refractivity contribution in [2.45, 2.75) is 13.8 Å². The monoisotopic (exact) mass is 172 g/mol. The Morgan fingerprint density at radius 2 is 2.09 bits per heavy atom. The molecule has 0 aliphatic heterocycles. The zero-order valence-corrected chi connectivity index (χ0v) is 7.32. The van der Waals surface area contributed by atoms with Crippen LogP contribution in [0, 0.1) is 5.92 Å². The third-order valence-corrected chi connectivity index (χ3v) is 2.00. The maximum atomic E-state index is 12.8. The number of rotatable bonds is 0. The van der Waals surface area contributed by atoms with Crippen LogP contribution in [0.2, 0.25) is 0 Å². The Morgan fingerprint density at radius 1 is 1.45 bits per heavy atom. The molecule has 0 aromatic rings. The lowest BCUT2D eigenvalue weighted by molar-refractivity contribution is 0.663. The van der Waals surface area contributed by atoms with Crippen LogP contribution < -0.4 is 0 Å². The fourth-order valence-corrected chi connectivity index (χ4v) is 1.23. The number of hydrogen-bond acceptors (Lipinski definition) is 0. The molecule has 11 heavy (non-hydrogen) atoms. The van der Waals surface area contributed by atoms with Gasteiger partial charge in [0.05, 0.1) is 0 Å². The Balaban J connectivity index is 3.01. The van der Waals surface area contributed by atoms with Crippen LogP contribution >= 0.6 is 11.6 Å². The summed E-state index contributed by atoms with van der Waals surface area (Å²) in [5, 5.41) is 0.475. The van der Waals surface area contributed by atoms with Gasteiger partial charge in [0.2, 0.25) is 0 Å². The molecular weight excluding hydrogens is 163 g/mol. The van der Waals surface area contributed by atoms with Crippen molar-refractivity contribution >= 4 is 11.6 Å². The quantitative estimate of drug-likeness (QED) is 0.524. The van der Waals surface area contributed by atoms with E-state index in [2.05, 4.69) is 0 Å². The van der Waals surface area contributed by atoms with E-state index in [0.29, 0.717) is 5.03 Å². The van der Waals surface area contributed by atoms with Gasteiger partial charge in [-0.25, -0.2) is 4.39 Å². The molecule has 0 saturated heterocycles. The summed E-state index contributed by atoms with van der Waals surface area (Å²) < 4.78 is 12.8. The second-order valence-corrected chi connectivity index (χ2v) is 3.19. The van der Waals surface area contributed by atoms with Gasteiger partial charge in [-0.2, -0.15) is 0 Å². The molecule has 0 spiro atoms. The molecule has 0 fully saturated rings. The topological polar surface area (TPSA) is 0 Å². The molecule has 1 rings (SSSR count). The molecule has 0 bridgehead atoms. The van der Waals surface area contributed by atoms with Crippen molar-refractivity contribution in [2.75, 3.05) is 0 Å². The fourth-order valence-electron chi connectivity index (χ4n) is 0.941. The molecule has 0 nitrogen and oxygen atoms in total. The summed E-state index contributed by atoms with van der Waals surface area (Å²) in [6.45, 7) is 3.88. The summed E-state index contributed by atoms with van der Waals surface area (Å²) in [5.41, 5.74) is 0.995. The van der Waals surface area contributed by atoms with Gasteiger partial charge in [-0.05, 0) is 25.0 Å². The highest BCUT2D eigenvalue weighted by Crippen LogP contribution is 2.23. The molecule has 0 N–H and O–H groups in total. The van der Waals surface area contributed by atoms with E-state index in [-0.39, 0.29) is 11.7 Å². The van der Waals surface area contributed by atoms with Gasteiger partial charge in [0.25, 0.3) is 0 Å². The van der Waals surface area contributed by atoms with Gasteiger partial charge >= 0.3 is 0 Å². The molecule has 0 saturated carbocycles. The Bertz CT molecular complexity index is 248. The summed E-state index contributed by atoms with van der Waals surface area (Å²) in [4.78, 5) is 0. The van der Waals surface area contributed by atoms with Crippen molar-refractivity contribution in [1.29, 1.82) is 0 Å². The van der Waals surface area contributed by atoms with E-state index in [1.54, 1.807) is 0 Å². The van der Waals surface area contributed by atoms with Crippen molar-refractivity contribution in [1.82, 2.24) is 0 Å². The van der Waals surface area contributed by atoms with E-state index in [1.165, 1.54) is 12.2 Å². The van der Waals surface area contributed by atoms with Crippen LogP contribution in [-0.2, 0) is 0 Å². The van der Waals surface area contributed by atoms with Crippen molar-refractivity contribution in [3.8, 4) is 0 Å². The van der Waals surface area contributed by atoms with Crippen LogP contribution in [0.1, 0.15) is 13.8 Å². The average Bonchev–Trinajstić information content (AvgIpc) is 1.93. The first-order valence-corrected chi connectivity index (χ1v) is 3.90. The van der Waals surface area contributed by atoms with Crippen LogP contribution in [0.5, 0.6) is 0 Å². The summed E-state index contributed by atoms with van der Waals surface area (Å²) in [5.74, 6) is -0.0416. The van der Waals surface area contributed by atoms with Crippen LogP contribution in [-0.4, -0.2) is 0 Å². The SMILES string of the molecule is CC1=CC(F)=CC(Cl)=CC1C. The number of hydrogen-bond donors (Lipinski definition) is 0. The highest BCUT2D eigenvalue weighted by molar-refractivity contribution is 6.31. The molecule has 1 aliphatic carbocycles. The maximum Gasteiger partial charge on any atom is 0.124 e. The van der Waals surface area contributed by atoms with Crippen LogP contribution in [0.25, 0.3) is 0 Å². The van der Waals surface area contributed by atoms with Gasteiger partial charge < -0.3 is 0 Å². The zero-order valence-electron chi connectivity index (χ0n) is 6.57. The van der Waals surface area contributed by atoms with Crippen molar-refractivity contribution in [3.05, 3.63) is 34.7 Å². The molecule has 1 unspecified atom stereocenters. The highest BCUT2D eigenvalue weighted by Gasteiger charge is 2.06. The Morgan fingerprint density at radius 3 is 2.73 bits per heavy atom. The summed E-state index contributed by atoms with van der Waals surface area (Å²) in [7, 11) is 0. The number of halogens is 2. The molecule has 0 aromatic carbocycles. The second kappa shape index (κ2) is 3.22. The molecule has 1 atom stereocenters. The molecule has 1 aliphatic rings. The Labute approximate surface area is 71.1 Å². The van der Waals surface area contributed by atoms with Crippen LogP contribution in [0.4, 0.5) is 4.39 Å². The highest BCUT2D eigenvalue weighted by atomic mass is 35.5. The normalized spacial score (nSPS) is 25.1. The Hall–Kier alpha value is -0.560. The minimum Gasteiger partial charge on any atom is -0.207 e. The van der Waals surface area contributed by atoms with Crippen LogP contribution in [0.3, 0.4) is 0 Å². The van der Waals surface area contributed by atoms with Crippen LogP contribution in [0.15, 0.2) is 34.7 Å². The molecule has 2 heteroatoms. The van der Waals surface area contributed by atoms with Crippen molar-refractivity contribution in [3.63, 3.8) is 0 Å². The molecule has 0 aromatic heterocycles. The maximum absolute atomic E-state index is 12.8. The van der Waals surface area contributed by atoms with E-state index in [1.807, 2.05) is 19.9 Å². The average molecular weight is 173 g/mol. The van der Waals surface area contributed by atoms with E-state index < -0.39 is 0 Å². The lowest BCUT2D eigenvalue weighted by atomic mass is 10.0. The second-order valence-electron chi connectivity index (χ2n) is 2.76. The van der Waals surface area contributed by atoms with E-state index >= 15 is 0 Å². The first-order valence-electron chi connectivity index (χ1n) is 3.52. The number of allylic oxidation sites excluding steroid dienone is 6. The predicted octanol–water partition coefficient (Wildman–Crippen LogP) is 3.56. The first kappa shape index (κ1) is 8.54. The minimum absolute atomic E-state index is 0.229. The van der Waals surface area contributed by atoms with Gasteiger partial charge in [-0.1, -0.05) is 30.2 Å². The standard InChI is InChI=1S/C9H10ClF/c1-6-3-8(10)5-9(11)4-7(6)2/h3-6H,1-2H3. The summed E-state index contributed by atoms with van der Waals surface area (Å²) in [6.07, 6.45) is 4.67. The van der Waals surface area contributed by atoms with E-state index in [4.69, 9.17) is 11.6 Å². The fraction of sp³-hybridized carbons (Fsp3) is 0.333. The lowest BCUT2D eigenvalue weighted by Crippen LogP contribution is -1.89. The minimum atomic E-state index is -0.270. The molecular formula is C9H10ClF. The smallest absolute Gasteiger partial charge is 0.124 e. The van der Waals surface area contributed by atoms with E-state index in [9.17, 15) is 4.39 Å². The molecule has 0 amide bonds. The zero-order chi connectivity index (χ0) is 8.43. The Kier molecular flexibility index (Phi) is 2.50. The van der Waals surface area contributed by atoms with Gasteiger partial charge in [-0.3, -0.25) is 0 Å². The van der Waals surface area contributed by atoms with Crippen molar-refractivity contribution < 1.29 is 4.39 Å². The van der Waals surface area contributed by atoms with Crippen molar-refractivity contribution in [2.24, 2.45) is 5.92 Å². The molecule has 0 heterocycles. The largest absolute Gasteiger partial charge is 0.207 e. The molecule has 60 valence electrons. The first-order chi connectivity index (χ1) is 5.09.